The van der Waals surface area contributed by atoms with Crippen molar-refractivity contribution in [3.63, 3.8) is 0 Å². The molecule has 0 aromatic carbocycles. The molecule has 0 aliphatic carbocycles. The van der Waals surface area contributed by atoms with E-state index in [0.717, 1.165) is 15.5 Å². The molecule has 19 heavy (non-hydrogen) atoms. The molecule has 0 bridgehead atoms. The van der Waals surface area contributed by atoms with Gasteiger partial charge in [-0.15, -0.1) is 11.3 Å². The van der Waals surface area contributed by atoms with Gasteiger partial charge in [-0.3, -0.25) is 0 Å². The molecular formula is C13H15BFNO2S. The van der Waals surface area contributed by atoms with Crippen LogP contribution in [0.2, 0.25) is 0 Å². The third-order valence-electron chi connectivity index (χ3n) is 3.97. The Hall–Kier alpha value is -0.975. The van der Waals surface area contributed by atoms with Crippen LogP contribution in [-0.2, 0) is 9.31 Å². The molecule has 100 valence electrons. The summed E-state index contributed by atoms with van der Waals surface area (Å²) >= 11 is 1.52. The molecule has 0 saturated carbocycles. The van der Waals surface area contributed by atoms with Crippen molar-refractivity contribution in [2.75, 3.05) is 0 Å². The molecular weight excluding hydrogens is 264 g/mol. The Labute approximate surface area is 115 Å². The number of pyridine rings is 1. The second-order valence-corrected chi connectivity index (χ2v) is 6.69. The first-order valence-corrected chi connectivity index (χ1v) is 7.06. The molecule has 3 rings (SSSR count). The summed E-state index contributed by atoms with van der Waals surface area (Å²) in [4.78, 5) is 3.67. The summed E-state index contributed by atoms with van der Waals surface area (Å²) < 4.78 is 26.2. The molecule has 0 unspecified atom stereocenters. The van der Waals surface area contributed by atoms with Crippen molar-refractivity contribution < 1.29 is 13.7 Å². The summed E-state index contributed by atoms with van der Waals surface area (Å²) in [5, 5.41) is 2.77. The highest BCUT2D eigenvalue weighted by atomic mass is 32.1. The van der Waals surface area contributed by atoms with Crippen molar-refractivity contribution in [3.05, 3.63) is 23.6 Å². The van der Waals surface area contributed by atoms with E-state index in [0.29, 0.717) is 0 Å². The average Bonchev–Trinajstić information content (AvgIpc) is 2.77. The molecule has 0 spiro atoms. The lowest BCUT2D eigenvalue weighted by Gasteiger charge is -2.32. The third kappa shape index (κ3) is 1.98. The van der Waals surface area contributed by atoms with Gasteiger partial charge in [0.2, 0.25) is 5.95 Å². The molecule has 1 aliphatic rings. The van der Waals surface area contributed by atoms with E-state index in [9.17, 15) is 4.39 Å². The molecule has 0 N–H and O–H groups in total. The molecule has 3 heterocycles. The second kappa shape index (κ2) is 4.01. The van der Waals surface area contributed by atoms with Crippen LogP contribution in [0.25, 0.3) is 10.1 Å². The van der Waals surface area contributed by atoms with Gasteiger partial charge in [0.15, 0.2) is 0 Å². The van der Waals surface area contributed by atoms with Crippen LogP contribution >= 0.6 is 11.3 Å². The zero-order chi connectivity index (χ0) is 13.8. The van der Waals surface area contributed by atoms with Gasteiger partial charge in [0.25, 0.3) is 0 Å². The lowest BCUT2D eigenvalue weighted by atomic mass is 9.79. The smallest absolute Gasteiger partial charge is 0.399 e. The van der Waals surface area contributed by atoms with E-state index in [-0.39, 0.29) is 0 Å². The minimum Gasteiger partial charge on any atom is -0.399 e. The minimum absolute atomic E-state index is 0.391. The molecule has 1 fully saturated rings. The van der Waals surface area contributed by atoms with Gasteiger partial charge in [0.1, 0.15) is 0 Å². The van der Waals surface area contributed by atoms with Gasteiger partial charge in [0.05, 0.1) is 15.9 Å². The molecule has 1 saturated heterocycles. The van der Waals surface area contributed by atoms with Crippen LogP contribution in [0.1, 0.15) is 27.7 Å². The first-order valence-electron chi connectivity index (χ1n) is 6.18. The Morgan fingerprint density at radius 2 is 1.84 bits per heavy atom. The maximum Gasteiger partial charge on any atom is 0.496 e. The van der Waals surface area contributed by atoms with E-state index >= 15 is 0 Å². The fourth-order valence-electron chi connectivity index (χ4n) is 2.08. The van der Waals surface area contributed by atoms with Crippen molar-refractivity contribution in [3.8, 4) is 0 Å². The number of halogens is 1. The van der Waals surface area contributed by atoms with Gasteiger partial charge < -0.3 is 9.31 Å². The van der Waals surface area contributed by atoms with Crippen LogP contribution in [0.5, 0.6) is 0 Å². The lowest BCUT2D eigenvalue weighted by molar-refractivity contribution is 0.00578. The predicted molar refractivity (Wildman–Crippen MR) is 75.3 cm³/mol. The number of fused-ring (bicyclic) bond motifs is 1. The molecule has 2 aromatic rings. The molecule has 1 aliphatic heterocycles. The van der Waals surface area contributed by atoms with Gasteiger partial charge in [0, 0.05) is 17.7 Å². The highest BCUT2D eigenvalue weighted by Crippen LogP contribution is 2.37. The Morgan fingerprint density at radius 1 is 1.21 bits per heavy atom. The lowest BCUT2D eigenvalue weighted by Crippen LogP contribution is -2.41. The van der Waals surface area contributed by atoms with Crippen LogP contribution < -0.4 is 5.46 Å². The number of thiophene rings is 1. The molecule has 6 heteroatoms. The van der Waals surface area contributed by atoms with Crippen molar-refractivity contribution in [1.82, 2.24) is 4.98 Å². The Kier molecular flexibility index (Phi) is 2.75. The standard InChI is InChI=1S/C13H15BFNO2S/c1-12(2)13(3,4)18-14(17-12)9-7-19-10-6-16-11(15)5-8(9)10/h5-7H,1-4H3. The van der Waals surface area contributed by atoms with Crippen molar-refractivity contribution in [1.29, 1.82) is 0 Å². The SMILES string of the molecule is CC1(C)OB(c2csc3cnc(F)cc23)OC1(C)C. The maximum absolute atomic E-state index is 13.3. The minimum atomic E-state index is -0.483. The molecule has 0 amide bonds. The summed E-state index contributed by atoms with van der Waals surface area (Å²) in [6.45, 7) is 8.01. The predicted octanol–water partition coefficient (Wildman–Crippen LogP) is 2.73. The Balaban J connectivity index is 2.05. The summed E-state index contributed by atoms with van der Waals surface area (Å²) in [6.07, 6.45) is 1.55. The van der Waals surface area contributed by atoms with Gasteiger partial charge >= 0.3 is 7.12 Å². The zero-order valence-corrected chi connectivity index (χ0v) is 12.2. The van der Waals surface area contributed by atoms with Crippen LogP contribution in [-0.4, -0.2) is 23.3 Å². The van der Waals surface area contributed by atoms with Gasteiger partial charge in [-0.25, -0.2) is 4.98 Å². The second-order valence-electron chi connectivity index (χ2n) is 5.78. The van der Waals surface area contributed by atoms with Crippen molar-refractivity contribution in [2.45, 2.75) is 38.9 Å². The van der Waals surface area contributed by atoms with Crippen LogP contribution in [0.4, 0.5) is 4.39 Å². The van der Waals surface area contributed by atoms with Crippen LogP contribution in [0.3, 0.4) is 0 Å². The summed E-state index contributed by atoms with van der Waals surface area (Å²) in [6, 6.07) is 1.44. The average molecular weight is 279 g/mol. The van der Waals surface area contributed by atoms with Crippen molar-refractivity contribution in [2.24, 2.45) is 0 Å². The first kappa shape index (κ1) is 13.0. The number of nitrogens with zero attached hydrogens (tertiary/aromatic N) is 1. The largest absolute Gasteiger partial charge is 0.496 e. The molecule has 0 atom stereocenters. The van der Waals surface area contributed by atoms with E-state index in [1.54, 1.807) is 6.20 Å². The van der Waals surface area contributed by atoms with E-state index in [1.165, 1.54) is 17.4 Å². The number of aromatic nitrogens is 1. The Bertz CT molecular complexity index is 625. The van der Waals surface area contributed by atoms with Gasteiger partial charge in [-0.05, 0) is 38.5 Å². The molecule has 2 aromatic heterocycles. The summed E-state index contributed by atoms with van der Waals surface area (Å²) in [7, 11) is -0.458. The van der Waals surface area contributed by atoms with E-state index in [2.05, 4.69) is 4.98 Å². The first-order chi connectivity index (χ1) is 8.80. The fraction of sp³-hybridized carbons (Fsp3) is 0.462. The summed E-state index contributed by atoms with van der Waals surface area (Å²) in [5.41, 5.74) is 0.0922. The number of rotatable bonds is 1. The zero-order valence-electron chi connectivity index (χ0n) is 11.4. The van der Waals surface area contributed by atoms with E-state index in [4.69, 9.17) is 9.31 Å². The molecule has 3 nitrogen and oxygen atoms in total. The monoisotopic (exact) mass is 279 g/mol. The normalized spacial score (nSPS) is 21.2. The third-order valence-corrected chi connectivity index (χ3v) is 4.92. The highest BCUT2D eigenvalue weighted by Gasteiger charge is 2.52. The topological polar surface area (TPSA) is 31.4 Å². The maximum atomic E-state index is 13.3. The van der Waals surface area contributed by atoms with Crippen LogP contribution in [0, 0.1) is 5.95 Å². The van der Waals surface area contributed by atoms with Crippen LogP contribution in [0.15, 0.2) is 17.6 Å². The molecule has 0 radical (unpaired) electrons. The quantitative estimate of drug-likeness (QED) is 0.594. The highest BCUT2D eigenvalue weighted by molar-refractivity contribution is 7.18. The number of hydrogen-bond donors (Lipinski definition) is 0. The van der Waals surface area contributed by atoms with E-state index in [1.807, 2.05) is 33.1 Å². The van der Waals surface area contributed by atoms with E-state index < -0.39 is 24.3 Å². The van der Waals surface area contributed by atoms with Crippen molar-refractivity contribution >= 4 is 34.0 Å². The fourth-order valence-corrected chi connectivity index (χ4v) is 2.99. The van der Waals surface area contributed by atoms with Gasteiger partial charge in [-0.2, -0.15) is 4.39 Å². The number of hydrogen-bond acceptors (Lipinski definition) is 4. The Morgan fingerprint density at radius 3 is 2.47 bits per heavy atom. The van der Waals surface area contributed by atoms with Gasteiger partial charge in [-0.1, -0.05) is 0 Å². The summed E-state index contributed by atoms with van der Waals surface area (Å²) in [5.74, 6) is -0.483.